The zero-order valence-corrected chi connectivity index (χ0v) is 17.7. The van der Waals surface area contributed by atoms with Crippen molar-refractivity contribution in [1.29, 1.82) is 0 Å². The minimum atomic E-state index is -0.537. The lowest BCUT2D eigenvalue weighted by Crippen LogP contribution is -2.40. The summed E-state index contributed by atoms with van der Waals surface area (Å²) in [6, 6.07) is 4.28. The molecule has 4 heterocycles. The number of likely N-dealkylation sites (tertiary alicyclic amines) is 1. The van der Waals surface area contributed by atoms with Crippen LogP contribution in [0.2, 0.25) is 0 Å². The molecule has 0 radical (unpaired) electrons. The van der Waals surface area contributed by atoms with E-state index in [0.717, 1.165) is 42.5 Å². The molecular formula is C23H27N5O3. The van der Waals surface area contributed by atoms with Crippen molar-refractivity contribution in [2.75, 3.05) is 26.8 Å². The largest absolute Gasteiger partial charge is 0.491 e. The molecule has 3 aromatic rings. The fourth-order valence-corrected chi connectivity index (χ4v) is 4.59. The van der Waals surface area contributed by atoms with Gasteiger partial charge < -0.3 is 25.1 Å². The number of ether oxygens (including phenoxy) is 2. The number of primary amides is 1. The summed E-state index contributed by atoms with van der Waals surface area (Å²) in [5.41, 5.74) is 10.2. The van der Waals surface area contributed by atoms with E-state index in [4.69, 9.17) is 15.2 Å². The Bertz CT molecular complexity index is 1130. The highest BCUT2D eigenvalue weighted by atomic mass is 16.5. The predicted molar refractivity (Wildman–Crippen MR) is 117 cm³/mol. The first-order valence-corrected chi connectivity index (χ1v) is 10.9. The third kappa shape index (κ3) is 3.72. The monoisotopic (exact) mass is 421 g/mol. The summed E-state index contributed by atoms with van der Waals surface area (Å²) in [5.74, 6) is 0.635. The van der Waals surface area contributed by atoms with Crippen LogP contribution >= 0.6 is 0 Å². The third-order valence-corrected chi connectivity index (χ3v) is 6.33. The standard InChI is InChI=1S/C23H27N5O3/c1-28-7-3-2-6-16(28)12-31-18-10-17(20-21(27-13-26-20)19(18)22(24)29)15-9-14-5-4-8-30-23(14)25-11-15/h9-11,13,16H,2-8,12H2,1H3,(H2,24,29)(H,26,27). The number of fused-ring (bicyclic) bond motifs is 2. The van der Waals surface area contributed by atoms with E-state index >= 15 is 0 Å². The number of aryl methyl sites for hydroxylation is 1. The number of nitrogens with zero attached hydrogens (tertiary/aromatic N) is 3. The molecule has 2 aliphatic rings. The number of aromatic nitrogens is 3. The Morgan fingerprint density at radius 2 is 2.23 bits per heavy atom. The van der Waals surface area contributed by atoms with Crippen LogP contribution in [0.5, 0.6) is 11.6 Å². The van der Waals surface area contributed by atoms with Gasteiger partial charge in [-0.3, -0.25) is 4.79 Å². The summed E-state index contributed by atoms with van der Waals surface area (Å²) in [7, 11) is 2.12. The van der Waals surface area contributed by atoms with Gasteiger partial charge >= 0.3 is 0 Å². The van der Waals surface area contributed by atoms with Gasteiger partial charge in [0.1, 0.15) is 17.9 Å². The molecule has 0 bridgehead atoms. The number of rotatable bonds is 5. The van der Waals surface area contributed by atoms with E-state index in [1.165, 1.54) is 12.8 Å². The molecule has 0 spiro atoms. The van der Waals surface area contributed by atoms with Crippen LogP contribution in [0.25, 0.3) is 22.2 Å². The molecule has 0 aliphatic carbocycles. The van der Waals surface area contributed by atoms with Gasteiger partial charge in [0.15, 0.2) is 0 Å². The number of hydrogen-bond donors (Lipinski definition) is 2. The van der Waals surface area contributed by atoms with Gasteiger partial charge in [-0.25, -0.2) is 9.97 Å². The lowest BCUT2D eigenvalue weighted by molar-refractivity contribution is 0.0989. The Hall–Kier alpha value is -3.13. The van der Waals surface area contributed by atoms with Gasteiger partial charge in [-0.1, -0.05) is 6.42 Å². The molecule has 162 valence electrons. The second-order valence-electron chi connectivity index (χ2n) is 8.37. The average Bonchev–Trinajstić information content (AvgIpc) is 3.26. The van der Waals surface area contributed by atoms with Crippen LogP contribution in [0.4, 0.5) is 0 Å². The van der Waals surface area contributed by atoms with Crippen LogP contribution in [0.15, 0.2) is 24.7 Å². The Morgan fingerprint density at radius 3 is 3.06 bits per heavy atom. The Morgan fingerprint density at radius 1 is 1.32 bits per heavy atom. The summed E-state index contributed by atoms with van der Waals surface area (Å²) < 4.78 is 11.9. The lowest BCUT2D eigenvalue weighted by atomic mass is 9.98. The van der Waals surface area contributed by atoms with Crippen molar-refractivity contribution in [3.05, 3.63) is 35.8 Å². The second-order valence-corrected chi connectivity index (χ2v) is 8.37. The van der Waals surface area contributed by atoms with E-state index in [1.807, 2.05) is 6.07 Å². The van der Waals surface area contributed by atoms with Crippen molar-refractivity contribution in [2.45, 2.75) is 38.1 Å². The molecule has 8 heteroatoms. The summed E-state index contributed by atoms with van der Waals surface area (Å²) in [4.78, 5) is 26.7. The summed E-state index contributed by atoms with van der Waals surface area (Å²) in [6.07, 6.45) is 8.74. The van der Waals surface area contributed by atoms with Crippen molar-refractivity contribution in [3.63, 3.8) is 0 Å². The molecule has 1 amide bonds. The molecule has 2 aliphatic heterocycles. The number of H-pyrrole nitrogens is 1. The Labute approximate surface area is 180 Å². The number of carbonyl (C=O) groups excluding carboxylic acids is 1. The highest BCUT2D eigenvalue weighted by Gasteiger charge is 2.24. The predicted octanol–water partition coefficient (Wildman–Crippen LogP) is 2.91. The first-order chi connectivity index (χ1) is 15.1. The van der Waals surface area contributed by atoms with Crippen LogP contribution < -0.4 is 15.2 Å². The molecule has 3 N–H and O–H groups in total. The maximum atomic E-state index is 12.3. The topological polar surface area (TPSA) is 106 Å². The summed E-state index contributed by atoms with van der Waals surface area (Å²) >= 11 is 0. The number of hydrogen-bond acceptors (Lipinski definition) is 6. The number of benzene rings is 1. The molecule has 0 saturated carbocycles. The maximum Gasteiger partial charge on any atom is 0.254 e. The number of nitrogens with two attached hydrogens (primary N) is 1. The van der Waals surface area contributed by atoms with E-state index in [2.05, 4.69) is 33.0 Å². The SMILES string of the molecule is CN1CCCCC1COc1cc(-c2cnc3c(c2)CCCO3)c2nc[nH]c2c1C(N)=O. The van der Waals surface area contributed by atoms with E-state index in [0.29, 0.717) is 47.5 Å². The Kier molecular flexibility index (Phi) is 5.23. The van der Waals surface area contributed by atoms with Crippen LogP contribution in [-0.2, 0) is 6.42 Å². The number of likely N-dealkylation sites (N-methyl/N-ethyl adjacent to an activating group) is 1. The molecular weight excluding hydrogens is 394 g/mol. The molecule has 5 rings (SSSR count). The number of piperidine rings is 1. The maximum absolute atomic E-state index is 12.3. The molecule has 1 saturated heterocycles. The van der Waals surface area contributed by atoms with Gasteiger partial charge in [-0.2, -0.15) is 0 Å². The fourth-order valence-electron chi connectivity index (χ4n) is 4.59. The van der Waals surface area contributed by atoms with Gasteiger partial charge in [-0.05, 0) is 51.4 Å². The highest BCUT2D eigenvalue weighted by Crippen LogP contribution is 2.37. The molecule has 2 aromatic heterocycles. The van der Waals surface area contributed by atoms with E-state index in [-0.39, 0.29) is 0 Å². The number of imidazole rings is 1. The summed E-state index contributed by atoms with van der Waals surface area (Å²) in [6.45, 7) is 2.26. The molecule has 1 aromatic carbocycles. The molecule has 1 fully saturated rings. The van der Waals surface area contributed by atoms with Gasteiger partial charge in [0.2, 0.25) is 5.88 Å². The van der Waals surface area contributed by atoms with Gasteiger partial charge in [0, 0.05) is 28.9 Å². The molecule has 31 heavy (non-hydrogen) atoms. The minimum Gasteiger partial charge on any atom is -0.491 e. The van der Waals surface area contributed by atoms with Gasteiger partial charge in [0.05, 0.1) is 24.0 Å². The van der Waals surface area contributed by atoms with Gasteiger partial charge in [0.25, 0.3) is 5.91 Å². The average molecular weight is 422 g/mol. The molecule has 8 nitrogen and oxygen atoms in total. The normalized spacial score (nSPS) is 19.1. The zero-order chi connectivity index (χ0) is 21.4. The number of carbonyl (C=O) groups is 1. The van der Waals surface area contributed by atoms with Crippen molar-refractivity contribution >= 4 is 16.9 Å². The number of amides is 1. The van der Waals surface area contributed by atoms with Crippen LogP contribution in [0, 0.1) is 0 Å². The number of pyridine rings is 1. The number of aromatic amines is 1. The first-order valence-electron chi connectivity index (χ1n) is 10.9. The van der Waals surface area contributed by atoms with Crippen molar-refractivity contribution in [3.8, 4) is 22.8 Å². The van der Waals surface area contributed by atoms with E-state index < -0.39 is 5.91 Å². The highest BCUT2D eigenvalue weighted by molar-refractivity contribution is 6.10. The van der Waals surface area contributed by atoms with Crippen molar-refractivity contribution < 1.29 is 14.3 Å². The zero-order valence-electron chi connectivity index (χ0n) is 17.7. The third-order valence-electron chi connectivity index (χ3n) is 6.33. The van der Waals surface area contributed by atoms with Crippen LogP contribution in [0.3, 0.4) is 0 Å². The first kappa shape index (κ1) is 19.8. The lowest BCUT2D eigenvalue weighted by Gasteiger charge is -2.32. The quantitative estimate of drug-likeness (QED) is 0.656. The molecule has 1 atom stereocenters. The van der Waals surface area contributed by atoms with Crippen LogP contribution in [-0.4, -0.2) is 58.6 Å². The van der Waals surface area contributed by atoms with E-state index in [9.17, 15) is 4.79 Å². The van der Waals surface area contributed by atoms with Crippen molar-refractivity contribution in [1.82, 2.24) is 19.9 Å². The van der Waals surface area contributed by atoms with E-state index in [1.54, 1.807) is 12.5 Å². The molecule has 1 unspecified atom stereocenters. The Balaban J connectivity index is 1.56. The van der Waals surface area contributed by atoms with Crippen molar-refractivity contribution in [2.24, 2.45) is 5.73 Å². The van der Waals surface area contributed by atoms with Gasteiger partial charge in [-0.15, -0.1) is 0 Å². The minimum absolute atomic E-state index is 0.318. The fraction of sp³-hybridized carbons (Fsp3) is 0.435. The van der Waals surface area contributed by atoms with Crippen LogP contribution in [0.1, 0.15) is 41.6 Å². The summed E-state index contributed by atoms with van der Waals surface area (Å²) in [5, 5.41) is 0. The smallest absolute Gasteiger partial charge is 0.254 e. The number of nitrogens with one attached hydrogen (secondary N) is 1. The second kappa shape index (κ2) is 8.19.